The number of nitrogens with zero attached hydrogens (tertiary/aromatic N) is 3. The monoisotopic (exact) mass is 600 g/mol. The zero-order valence-corrected chi connectivity index (χ0v) is 27.9. The molecule has 0 amide bonds. The molecule has 0 aliphatic heterocycles. The highest BCUT2D eigenvalue weighted by atomic mass is 16.5. The quantitative estimate of drug-likeness (QED) is 0.174. The molecule has 6 nitrogen and oxygen atoms in total. The predicted molar refractivity (Wildman–Crippen MR) is 188 cm³/mol. The molecule has 0 aliphatic rings. The molecule has 232 valence electrons. The highest BCUT2D eigenvalue weighted by molar-refractivity contribution is 5.71. The Hall–Kier alpha value is -4.97. The van der Waals surface area contributed by atoms with Gasteiger partial charge in [-0.1, -0.05) is 48.0 Å². The van der Waals surface area contributed by atoms with Gasteiger partial charge in [0.15, 0.2) is 0 Å². The zero-order valence-electron chi connectivity index (χ0n) is 27.9. The lowest BCUT2D eigenvalue weighted by atomic mass is 9.78. The topological polar surface area (TPSA) is 49.9 Å². The Bertz CT molecular complexity index is 1700. The minimum absolute atomic E-state index is 0.702. The molecule has 5 aromatic rings. The smallest absolute Gasteiger partial charge is 0.131 e. The Kier molecular flexibility index (Phi) is 9.05. The first-order valence-corrected chi connectivity index (χ1v) is 15.2. The highest BCUT2D eigenvalue weighted by Gasteiger charge is 2.39. The van der Waals surface area contributed by atoms with E-state index in [4.69, 9.17) is 14.5 Å². The van der Waals surface area contributed by atoms with Crippen LogP contribution in [0.4, 0.5) is 17.1 Å². The molecule has 0 atom stereocenters. The Labute approximate surface area is 268 Å². The number of hydrogen-bond acceptors (Lipinski definition) is 6. The van der Waals surface area contributed by atoms with Crippen molar-refractivity contribution in [3.05, 3.63) is 131 Å². The van der Waals surface area contributed by atoms with Crippen LogP contribution in [-0.2, 0) is 5.54 Å². The molecule has 6 heteroatoms. The number of benzene rings is 4. The maximum absolute atomic E-state index is 5.80. The van der Waals surface area contributed by atoms with Crippen molar-refractivity contribution in [3.63, 3.8) is 0 Å². The summed E-state index contributed by atoms with van der Waals surface area (Å²) in [4.78, 5) is 9.65. The van der Waals surface area contributed by atoms with Crippen molar-refractivity contribution in [1.82, 2.24) is 4.98 Å². The Morgan fingerprint density at radius 3 is 1.69 bits per heavy atom. The van der Waals surface area contributed by atoms with Gasteiger partial charge >= 0.3 is 0 Å². The van der Waals surface area contributed by atoms with Crippen LogP contribution < -0.4 is 24.6 Å². The lowest BCUT2D eigenvalue weighted by Crippen LogP contribution is -2.39. The molecule has 0 unspecified atom stereocenters. The molecule has 5 rings (SSSR count). The van der Waals surface area contributed by atoms with Crippen LogP contribution in [0.1, 0.15) is 33.5 Å². The molecule has 4 aromatic carbocycles. The van der Waals surface area contributed by atoms with Gasteiger partial charge in [0, 0.05) is 56.9 Å². The van der Waals surface area contributed by atoms with Gasteiger partial charge in [0.25, 0.3) is 0 Å². The van der Waals surface area contributed by atoms with Gasteiger partial charge in [0.05, 0.1) is 25.6 Å². The number of nitrogens with one attached hydrogen (secondary N) is 1. The van der Waals surface area contributed by atoms with E-state index < -0.39 is 5.54 Å². The van der Waals surface area contributed by atoms with E-state index in [0.29, 0.717) is 5.75 Å². The van der Waals surface area contributed by atoms with E-state index in [1.165, 1.54) is 16.7 Å². The first-order chi connectivity index (χ1) is 21.6. The molecule has 0 bridgehead atoms. The first-order valence-electron chi connectivity index (χ1n) is 15.2. The van der Waals surface area contributed by atoms with Crippen LogP contribution in [0.2, 0.25) is 0 Å². The molecule has 0 aliphatic carbocycles. The maximum atomic E-state index is 5.80. The van der Waals surface area contributed by atoms with E-state index in [-0.39, 0.29) is 0 Å². The average molecular weight is 601 g/mol. The first kappa shape index (κ1) is 31.5. The van der Waals surface area contributed by atoms with Crippen molar-refractivity contribution < 1.29 is 9.47 Å². The second-order valence-corrected chi connectivity index (χ2v) is 12.0. The third-order valence-corrected chi connectivity index (χ3v) is 8.44. The van der Waals surface area contributed by atoms with E-state index in [9.17, 15) is 0 Å². The van der Waals surface area contributed by atoms with Crippen molar-refractivity contribution >= 4 is 17.1 Å². The van der Waals surface area contributed by atoms with Gasteiger partial charge in [-0.15, -0.1) is 0 Å². The van der Waals surface area contributed by atoms with E-state index in [1.807, 2.05) is 24.3 Å². The van der Waals surface area contributed by atoms with Gasteiger partial charge in [-0.3, -0.25) is 0 Å². The van der Waals surface area contributed by atoms with Gasteiger partial charge in [-0.25, -0.2) is 4.98 Å². The fourth-order valence-corrected chi connectivity index (χ4v) is 6.06. The van der Waals surface area contributed by atoms with E-state index >= 15 is 0 Å². The minimum Gasteiger partial charge on any atom is -0.497 e. The van der Waals surface area contributed by atoms with E-state index in [0.717, 1.165) is 50.9 Å². The van der Waals surface area contributed by atoms with Crippen molar-refractivity contribution in [3.8, 4) is 22.8 Å². The molecular weight excluding hydrogens is 556 g/mol. The molecule has 0 saturated carbocycles. The number of pyridine rings is 1. The van der Waals surface area contributed by atoms with Crippen LogP contribution in [0, 0.1) is 20.8 Å². The predicted octanol–water partition coefficient (Wildman–Crippen LogP) is 8.23. The summed E-state index contributed by atoms with van der Waals surface area (Å²) in [7, 11) is 11.6. The number of anilines is 3. The number of rotatable bonds is 10. The number of aromatic nitrogens is 1. The summed E-state index contributed by atoms with van der Waals surface area (Å²) in [6.45, 7) is 6.48. The molecule has 0 radical (unpaired) electrons. The summed E-state index contributed by atoms with van der Waals surface area (Å²) < 4.78 is 11.3. The van der Waals surface area contributed by atoms with Crippen molar-refractivity contribution in [2.75, 3.05) is 57.5 Å². The normalized spacial score (nSPS) is 11.2. The maximum Gasteiger partial charge on any atom is 0.131 e. The summed E-state index contributed by atoms with van der Waals surface area (Å²) >= 11 is 0. The van der Waals surface area contributed by atoms with Crippen molar-refractivity contribution in [2.45, 2.75) is 26.3 Å². The lowest BCUT2D eigenvalue weighted by Gasteiger charge is -2.38. The van der Waals surface area contributed by atoms with Crippen LogP contribution in [0.15, 0.2) is 97.1 Å². The van der Waals surface area contributed by atoms with Gasteiger partial charge in [-0.2, -0.15) is 0 Å². The second kappa shape index (κ2) is 12.9. The number of aryl methyl sites for hydroxylation is 3. The summed E-state index contributed by atoms with van der Waals surface area (Å²) in [6.07, 6.45) is 0. The number of methoxy groups -OCH3 is 2. The third kappa shape index (κ3) is 6.18. The van der Waals surface area contributed by atoms with Gasteiger partial charge in [0.2, 0.25) is 0 Å². The van der Waals surface area contributed by atoms with Crippen LogP contribution >= 0.6 is 0 Å². The van der Waals surface area contributed by atoms with Crippen LogP contribution in [-0.4, -0.2) is 47.4 Å². The van der Waals surface area contributed by atoms with Crippen molar-refractivity contribution in [1.29, 1.82) is 0 Å². The zero-order chi connectivity index (χ0) is 32.3. The van der Waals surface area contributed by atoms with Gasteiger partial charge < -0.3 is 24.6 Å². The second-order valence-electron chi connectivity index (χ2n) is 12.0. The van der Waals surface area contributed by atoms with Crippen LogP contribution in [0.25, 0.3) is 11.3 Å². The van der Waals surface area contributed by atoms with E-state index in [2.05, 4.69) is 137 Å². The van der Waals surface area contributed by atoms with E-state index in [1.54, 1.807) is 14.2 Å². The Morgan fingerprint density at radius 2 is 1.20 bits per heavy atom. The van der Waals surface area contributed by atoms with Gasteiger partial charge in [0.1, 0.15) is 17.0 Å². The highest BCUT2D eigenvalue weighted by Crippen LogP contribution is 2.43. The molecule has 1 N–H and O–H groups in total. The Balaban J connectivity index is 1.84. The SMILES string of the molecule is COc1ccc(-c2cccc(C(Nc3c(C)cc(C)cc3C)(c3ccc(N(C)C)cc3)c3ccc(N(C)C)cc3)n2)c(OC)c1. The summed E-state index contributed by atoms with van der Waals surface area (Å²) in [5, 5.41) is 4.09. The Morgan fingerprint density at radius 1 is 0.644 bits per heavy atom. The fraction of sp³-hybridized carbons (Fsp3) is 0.256. The largest absolute Gasteiger partial charge is 0.497 e. The fourth-order valence-electron chi connectivity index (χ4n) is 6.06. The minimum atomic E-state index is -0.837. The molecule has 0 fully saturated rings. The number of hydrogen-bond donors (Lipinski definition) is 1. The van der Waals surface area contributed by atoms with Crippen LogP contribution in [0.3, 0.4) is 0 Å². The lowest BCUT2D eigenvalue weighted by molar-refractivity contribution is 0.395. The third-order valence-electron chi connectivity index (χ3n) is 8.44. The number of ether oxygens (including phenoxy) is 2. The molecule has 1 aromatic heterocycles. The molecular formula is C39H44N4O2. The standard InChI is InChI=1S/C39H44N4O2/c1-26-23-27(2)38(28(3)24-26)41-39(29-13-17-31(18-14-29)42(4)5,30-15-19-32(20-16-30)43(6)7)37-12-10-11-35(40-37)34-22-21-33(44-8)25-36(34)45-9/h10-25,41H,1-9H3. The average Bonchev–Trinajstić information content (AvgIpc) is 3.04. The molecule has 45 heavy (non-hydrogen) atoms. The summed E-state index contributed by atoms with van der Waals surface area (Å²) in [5.41, 5.74) is 10.8. The van der Waals surface area contributed by atoms with Gasteiger partial charge in [-0.05, 0) is 91.6 Å². The molecule has 1 heterocycles. The molecule has 0 spiro atoms. The molecule has 0 saturated heterocycles. The summed E-state index contributed by atoms with van der Waals surface area (Å²) in [6, 6.07) is 34.1. The summed E-state index contributed by atoms with van der Waals surface area (Å²) in [5.74, 6) is 1.43. The van der Waals surface area contributed by atoms with Crippen LogP contribution in [0.5, 0.6) is 11.5 Å². The van der Waals surface area contributed by atoms with Crippen molar-refractivity contribution in [2.24, 2.45) is 0 Å².